The Bertz CT molecular complexity index is 501. The molecule has 4 nitrogen and oxygen atoms in total. The number of benzene rings is 1. The van der Waals surface area contributed by atoms with E-state index in [0.717, 1.165) is 12.3 Å². The van der Waals surface area contributed by atoms with Crippen LogP contribution in [0.5, 0.6) is 0 Å². The SMILES string of the molecule is NC(=O)NN=Cc1c(Br)ccc(C(F)(F)F)c1F. The second-order valence-corrected chi connectivity index (χ2v) is 3.91. The number of carbonyl (C=O) groups is 1. The lowest BCUT2D eigenvalue weighted by Gasteiger charge is -2.10. The van der Waals surface area contributed by atoms with Crippen molar-refractivity contribution in [3.05, 3.63) is 33.5 Å². The van der Waals surface area contributed by atoms with E-state index >= 15 is 0 Å². The molecule has 0 unspecified atom stereocenters. The predicted octanol–water partition coefficient (Wildman–Crippen LogP) is 2.61. The molecule has 0 bridgehead atoms. The number of nitrogens with two attached hydrogens (primary N) is 1. The van der Waals surface area contributed by atoms with E-state index in [1.807, 2.05) is 0 Å². The molecule has 18 heavy (non-hydrogen) atoms. The van der Waals surface area contributed by atoms with E-state index in [2.05, 4.69) is 26.8 Å². The molecule has 0 aliphatic carbocycles. The maximum Gasteiger partial charge on any atom is 0.419 e. The molecule has 0 aliphatic rings. The number of alkyl halides is 3. The third-order valence-electron chi connectivity index (χ3n) is 1.80. The van der Waals surface area contributed by atoms with Crippen LogP contribution in [0.2, 0.25) is 0 Å². The minimum Gasteiger partial charge on any atom is -0.350 e. The first-order chi connectivity index (χ1) is 8.23. The van der Waals surface area contributed by atoms with Gasteiger partial charge in [-0.25, -0.2) is 14.6 Å². The summed E-state index contributed by atoms with van der Waals surface area (Å²) in [5.74, 6) is -1.49. The van der Waals surface area contributed by atoms with Crippen molar-refractivity contribution in [1.29, 1.82) is 0 Å². The number of hydrogen-bond donors (Lipinski definition) is 2. The fourth-order valence-electron chi connectivity index (χ4n) is 1.07. The largest absolute Gasteiger partial charge is 0.419 e. The molecule has 0 saturated heterocycles. The Morgan fingerprint density at radius 1 is 1.44 bits per heavy atom. The van der Waals surface area contributed by atoms with E-state index in [0.29, 0.717) is 6.07 Å². The van der Waals surface area contributed by atoms with Crippen molar-refractivity contribution < 1.29 is 22.4 Å². The Labute approximate surface area is 107 Å². The number of primary amides is 1. The van der Waals surface area contributed by atoms with Gasteiger partial charge in [0.05, 0.1) is 11.8 Å². The van der Waals surface area contributed by atoms with Crippen LogP contribution in [0, 0.1) is 5.82 Å². The van der Waals surface area contributed by atoms with Crippen molar-refractivity contribution in [3.63, 3.8) is 0 Å². The molecule has 0 aromatic heterocycles. The number of urea groups is 1. The van der Waals surface area contributed by atoms with Gasteiger partial charge in [-0.2, -0.15) is 18.3 Å². The number of nitrogens with zero attached hydrogens (tertiary/aromatic N) is 1. The molecule has 0 atom stereocenters. The first-order valence-electron chi connectivity index (χ1n) is 4.37. The molecule has 1 rings (SSSR count). The predicted molar refractivity (Wildman–Crippen MR) is 59.4 cm³/mol. The van der Waals surface area contributed by atoms with Gasteiger partial charge in [0.1, 0.15) is 5.82 Å². The van der Waals surface area contributed by atoms with Gasteiger partial charge in [-0.1, -0.05) is 15.9 Å². The van der Waals surface area contributed by atoms with Crippen LogP contribution in [-0.4, -0.2) is 12.2 Å². The minimum absolute atomic E-state index is 0.0584. The first kappa shape index (κ1) is 14.4. The summed E-state index contributed by atoms with van der Waals surface area (Å²) in [6, 6.07) is 0.602. The van der Waals surface area contributed by atoms with E-state index in [-0.39, 0.29) is 4.47 Å². The summed E-state index contributed by atoms with van der Waals surface area (Å²) in [5, 5.41) is 3.20. The van der Waals surface area contributed by atoms with Gasteiger partial charge in [0.15, 0.2) is 0 Å². The molecule has 0 aliphatic heterocycles. The third-order valence-corrected chi connectivity index (χ3v) is 2.49. The zero-order valence-electron chi connectivity index (χ0n) is 8.55. The fraction of sp³-hybridized carbons (Fsp3) is 0.111. The topological polar surface area (TPSA) is 67.5 Å². The van der Waals surface area contributed by atoms with Gasteiger partial charge < -0.3 is 5.73 Å². The number of hydrogen-bond acceptors (Lipinski definition) is 2. The Morgan fingerprint density at radius 2 is 2.06 bits per heavy atom. The van der Waals surface area contributed by atoms with Gasteiger partial charge >= 0.3 is 12.2 Å². The molecule has 2 amide bonds. The van der Waals surface area contributed by atoms with Crippen LogP contribution in [-0.2, 0) is 6.18 Å². The van der Waals surface area contributed by atoms with Gasteiger partial charge in [-0.3, -0.25) is 0 Å². The molecule has 0 heterocycles. The van der Waals surface area contributed by atoms with Crippen molar-refractivity contribution in [2.75, 3.05) is 0 Å². The second-order valence-electron chi connectivity index (χ2n) is 3.05. The smallest absolute Gasteiger partial charge is 0.350 e. The van der Waals surface area contributed by atoms with Crippen molar-refractivity contribution >= 4 is 28.2 Å². The lowest BCUT2D eigenvalue weighted by atomic mass is 10.1. The Morgan fingerprint density at radius 3 is 2.56 bits per heavy atom. The van der Waals surface area contributed by atoms with Crippen LogP contribution in [0.4, 0.5) is 22.4 Å². The Hall–Kier alpha value is -1.64. The van der Waals surface area contributed by atoms with Gasteiger partial charge in [0.2, 0.25) is 0 Å². The van der Waals surface area contributed by atoms with Crippen molar-refractivity contribution in [2.45, 2.75) is 6.18 Å². The lowest BCUT2D eigenvalue weighted by Crippen LogP contribution is -2.24. The molecule has 0 fully saturated rings. The minimum atomic E-state index is -4.81. The molecule has 1 aromatic carbocycles. The molecule has 0 saturated carbocycles. The summed E-state index contributed by atoms with van der Waals surface area (Å²) in [6.07, 6.45) is -4.09. The van der Waals surface area contributed by atoms with E-state index in [9.17, 15) is 22.4 Å². The van der Waals surface area contributed by atoms with Gasteiger partial charge in [0, 0.05) is 10.0 Å². The van der Waals surface area contributed by atoms with Crippen LogP contribution < -0.4 is 11.2 Å². The monoisotopic (exact) mass is 327 g/mol. The molecule has 1 aromatic rings. The van der Waals surface area contributed by atoms with Crippen LogP contribution in [0.15, 0.2) is 21.7 Å². The summed E-state index contributed by atoms with van der Waals surface area (Å²) < 4.78 is 50.9. The molecular weight excluding hydrogens is 322 g/mol. The standard InChI is InChI=1S/C9H6BrF4N3O/c10-6-2-1-5(9(12,13)14)7(11)4(6)3-16-17-8(15)18/h1-3H,(H3,15,17,18). The molecule has 0 spiro atoms. The number of carbonyl (C=O) groups excluding carboxylic acids is 1. The van der Waals surface area contributed by atoms with Crippen LogP contribution in [0.1, 0.15) is 11.1 Å². The number of hydrazone groups is 1. The summed E-state index contributed by atoms with van der Waals surface area (Å²) >= 11 is 2.87. The fourth-order valence-corrected chi connectivity index (χ4v) is 1.48. The summed E-state index contributed by atoms with van der Waals surface area (Å²) in [4.78, 5) is 10.3. The maximum atomic E-state index is 13.6. The number of halogens is 5. The highest BCUT2D eigenvalue weighted by Gasteiger charge is 2.35. The van der Waals surface area contributed by atoms with Crippen LogP contribution in [0.25, 0.3) is 0 Å². The average molecular weight is 328 g/mol. The highest BCUT2D eigenvalue weighted by Crippen LogP contribution is 2.34. The highest BCUT2D eigenvalue weighted by molar-refractivity contribution is 9.10. The Balaban J connectivity index is 3.19. The van der Waals surface area contributed by atoms with Crippen LogP contribution >= 0.6 is 15.9 Å². The van der Waals surface area contributed by atoms with E-state index in [4.69, 9.17) is 0 Å². The lowest BCUT2D eigenvalue weighted by molar-refractivity contribution is -0.140. The van der Waals surface area contributed by atoms with Gasteiger partial charge in [-0.15, -0.1) is 0 Å². The summed E-state index contributed by atoms with van der Waals surface area (Å²) in [6.45, 7) is 0. The zero-order valence-corrected chi connectivity index (χ0v) is 10.1. The summed E-state index contributed by atoms with van der Waals surface area (Å²) in [5.41, 5.74) is 4.56. The molecular formula is C9H6BrF4N3O. The van der Waals surface area contributed by atoms with Crippen molar-refractivity contribution in [1.82, 2.24) is 5.43 Å². The molecule has 98 valence electrons. The maximum absolute atomic E-state index is 13.6. The number of amides is 2. The van der Waals surface area contributed by atoms with E-state index in [1.54, 1.807) is 5.43 Å². The first-order valence-corrected chi connectivity index (χ1v) is 5.16. The molecule has 3 N–H and O–H groups in total. The van der Waals surface area contributed by atoms with E-state index < -0.39 is 29.2 Å². The van der Waals surface area contributed by atoms with Crippen molar-refractivity contribution in [2.24, 2.45) is 10.8 Å². The zero-order chi connectivity index (χ0) is 13.9. The number of rotatable bonds is 2. The Kier molecular flexibility index (Phi) is 4.28. The molecule has 9 heteroatoms. The highest BCUT2D eigenvalue weighted by atomic mass is 79.9. The molecule has 0 radical (unpaired) electrons. The second kappa shape index (κ2) is 5.34. The van der Waals surface area contributed by atoms with E-state index in [1.165, 1.54) is 0 Å². The van der Waals surface area contributed by atoms with Gasteiger partial charge in [-0.05, 0) is 12.1 Å². The van der Waals surface area contributed by atoms with Crippen molar-refractivity contribution in [3.8, 4) is 0 Å². The van der Waals surface area contributed by atoms with Gasteiger partial charge in [0.25, 0.3) is 0 Å². The summed E-state index contributed by atoms with van der Waals surface area (Å²) in [7, 11) is 0. The van der Waals surface area contributed by atoms with Crippen LogP contribution in [0.3, 0.4) is 0 Å². The number of nitrogens with one attached hydrogen (secondary N) is 1. The third kappa shape index (κ3) is 3.42. The average Bonchev–Trinajstić information content (AvgIpc) is 2.20. The normalized spacial score (nSPS) is 11.8. The quantitative estimate of drug-likeness (QED) is 0.489.